The number of hydrogen-bond donors (Lipinski definition) is 0. The molecule has 0 aromatic heterocycles. The molecular weight excluding hydrogens is 314 g/mol. The first kappa shape index (κ1) is 17.1. The van der Waals surface area contributed by atoms with Crippen LogP contribution in [0.3, 0.4) is 0 Å². The highest BCUT2D eigenvalue weighted by Gasteiger charge is 2.27. The normalized spacial score (nSPS) is 20.4. The Morgan fingerprint density at radius 3 is 2.77 bits per heavy atom. The first-order chi connectivity index (χ1) is 10.4. The Hall–Kier alpha value is -1.24. The van der Waals surface area contributed by atoms with Gasteiger partial charge in [-0.15, -0.1) is 0 Å². The van der Waals surface area contributed by atoms with Gasteiger partial charge in [-0.2, -0.15) is 0 Å². The zero-order valence-corrected chi connectivity index (χ0v) is 13.3. The Labute approximate surface area is 133 Å². The molecule has 1 aliphatic heterocycles. The van der Waals surface area contributed by atoms with Gasteiger partial charge in [0, 0.05) is 25.7 Å². The number of methoxy groups -OCH3 is 1. The van der Waals surface area contributed by atoms with Gasteiger partial charge in [-0.25, -0.2) is 13.6 Å². The van der Waals surface area contributed by atoms with Crippen LogP contribution in [0.25, 0.3) is 0 Å². The number of piperazine rings is 1. The third kappa shape index (κ3) is 3.94. The number of esters is 1. The highest BCUT2D eigenvalue weighted by Crippen LogP contribution is 2.28. The highest BCUT2D eigenvalue weighted by molar-refractivity contribution is 6.33. The van der Waals surface area contributed by atoms with Gasteiger partial charge in [-0.3, -0.25) is 9.80 Å². The molecule has 1 aromatic rings. The number of carbonyl (C=O) groups excluding carboxylic acids is 1. The second kappa shape index (κ2) is 7.35. The molecule has 1 unspecified atom stereocenters. The fraction of sp³-hybridized carbons (Fsp3) is 0.533. The van der Waals surface area contributed by atoms with Crippen molar-refractivity contribution in [1.29, 1.82) is 0 Å². The topological polar surface area (TPSA) is 32.8 Å². The van der Waals surface area contributed by atoms with Gasteiger partial charge in [0.05, 0.1) is 24.2 Å². The van der Waals surface area contributed by atoms with Crippen molar-refractivity contribution in [3.63, 3.8) is 0 Å². The van der Waals surface area contributed by atoms with E-state index >= 15 is 0 Å². The van der Waals surface area contributed by atoms with E-state index in [1.807, 2.05) is 7.05 Å². The molecular formula is C15H19ClF2N2O2. The van der Waals surface area contributed by atoms with Crippen molar-refractivity contribution in [2.45, 2.75) is 12.5 Å². The highest BCUT2D eigenvalue weighted by atomic mass is 35.5. The molecule has 4 nitrogen and oxygen atoms in total. The maximum Gasteiger partial charge on any atom is 0.339 e. The van der Waals surface area contributed by atoms with Gasteiger partial charge in [0.1, 0.15) is 0 Å². The summed E-state index contributed by atoms with van der Waals surface area (Å²) in [4.78, 5) is 15.4. The van der Waals surface area contributed by atoms with Gasteiger partial charge in [0.15, 0.2) is 0 Å². The maximum atomic E-state index is 12.6. The first-order valence-corrected chi connectivity index (χ1v) is 7.38. The smallest absolute Gasteiger partial charge is 0.339 e. The molecule has 0 aliphatic carbocycles. The summed E-state index contributed by atoms with van der Waals surface area (Å²) in [6, 6.07) is 5.09. The second-order valence-corrected chi connectivity index (χ2v) is 5.79. The standard InChI is InChI=1S/C15H19ClF2N2O2/c1-19-5-6-20(9-14(17)18)8-13(19)10-3-4-11(12(16)7-10)15(21)22-2/h3-4,7,13-14H,5-6,8-9H2,1-2H3. The van der Waals surface area contributed by atoms with Crippen LogP contribution in [-0.2, 0) is 4.74 Å². The Balaban J connectivity index is 2.18. The number of halogens is 3. The zero-order chi connectivity index (χ0) is 16.3. The fourth-order valence-electron chi connectivity index (χ4n) is 2.67. The lowest BCUT2D eigenvalue weighted by Gasteiger charge is -2.39. The number of nitrogens with zero attached hydrogens (tertiary/aromatic N) is 2. The van der Waals surface area contributed by atoms with Gasteiger partial charge in [-0.05, 0) is 24.7 Å². The van der Waals surface area contributed by atoms with Crippen molar-refractivity contribution in [3.05, 3.63) is 34.3 Å². The third-order valence-corrected chi connectivity index (χ3v) is 4.22. The van der Waals surface area contributed by atoms with Crippen LogP contribution in [0, 0.1) is 0 Å². The van der Waals surface area contributed by atoms with Crippen LogP contribution in [-0.4, -0.2) is 62.5 Å². The minimum absolute atomic E-state index is 0.0308. The Kier molecular flexibility index (Phi) is 5.72. The van der Waals surface area contributed by atoms with E-state index in [0.29, 0.717) is 30.2 Å². The number of likely N-dealkylation sites (N-methyl/N-ethyl adjacent to an activating group) is 1. The lowest BCUT2D eigenvalue weighted by Crippen LogP contribution is -2.48. The molecule has 122 valence electrons. The Bertz CT molecular complexity index is 542. The van der Waals surface area contributed by atoms with E-state index in [1.165, 1.54) is 7.11 Å². The average molecular weight is 333 g/mol. The van der Waals surface area contributed by atoms with Crippen molar-refractivity contribution >= 4 is 17.6 Å². The molecule has 0 saturated carbocycles. The second-order valence-electron chi connectivity index (χ2n) is 5.38. The van der Waals surface area contributed by atoms with E-state index in [0.717, 1.165) is 5.56 Å². The molecule has 2 rings (SSSR count). The molecule has 0 spiro atoms. The molecule has 1 aliphatic rings. The summed E-state index contributed by atoms with van der Waals surface area (Å²) in [5.74, 6) is -0.493. The van der Waals surface area contributed by atoms with Crippen LogP contribution in [0.2, 0.25) is 5.02 Å². The number of alkyl halides is 2. The van der Waals surface area contributed by atoms with Crippen LogP contribution >= 0.6 is 11.6 Å². The summed E-state index contributed by atoms with van der Waals surface area (Å²) in [5.41, 5.74) is 1.20. The molecule has 1 saturated heterocycles. The summed E-state index contributed by atoms with van der Waals surface area (Å²) in [6.07, 6.45) is -2.34. The van der Waals surface area contributed by atoms with Gasteiger partial charge >= 0.3 is 5.97 Å². The van der Waals surface area contributed by atoms with E-state index in [9.17, 15) is 13.6 Å². The molecule has 1 heterocycles. The predicted molar refractivity (Wildman–Crippen MR) is 80.6 cm³/mol. The molecule has 1 aromatic carbocycles. The van der Waals surface area contributed by atoms with Gasteiger partial charge in [-0.1, -0.05) is 17.7 Å². The molecule has 1 atom stereocenters. The number of ether oxygens (including phenoxy) is 1. The van der Waals surface area contributed by atoms with Crippen LogP contribution < -0.4 is 0 Å². The fourth-order valence-corrected chi connectivity index (χ4v) is 2.93. The van der Waals surface area contributed by atoms with E-state index in [-0.39, 0.29) is 12.6 Å². The summed E-state index contributed by atoms with van der Waals surface area (Å²) < 4.78 is 29.8. The van der Waals surface area contributed by atoms with E-state index in [4.69, 9.17) is 11.6 Å². The number of rotatable bonds is 4. The Morgan fingerprint density at radius 2 is 2.18 bits per heavy atom. The van der Waals surface area contributed by atoms with Gasteiger partial charge < -0.3 is 4.74 Å². The van der Waals surface area contributed by atoms with Crippen molar-refractivity contribution in [3.8, 4) is 0 Å². The average Bonchev–Trinajstić information content (AvgIpc) is 2.48. The van der Waals surface area contributed by atoms with Crippen molar-refractivity contribution in [1.82, 2.24) is 9.80 Å². The van der Waals surface area contributed by atoms with E-state index in [1.54, 1.807) is 23.1 Å². The summed E-state index contributed by atoms with van der Waals surface area (Å²) in [5, 5.41) is 0.309. The van der Waals surface area contributed by atoms with Crippen molar-refractivity contribution in [2.24, 2.45) is 0 Å². The quantitative estimate of drug-likeness (QED) is 0.794. The summed E-state index contributed by atoms with van der Waals surface area (Å²) >= 11 is 6.14. The van der Waals surface area contributed by atoms with Gasteiger partial charge in [0.2, 0.25) is 0 Å². The van der Waals surface area contributed by atoms with E-state index in [2.05, 4.69) is 9.64 Å². The summed E-state index contributed by atoms with van der Waals surface area (Å²) in [6.45, 7) is 1.60. The summed E-state index contributed by atoms with van der Waals surface area (Å²) in [7, 11) is 3.25. The largest absolute Gasteiger partial charge is 0.465 e. The number of carbonyl (C=O) groups is 1. The molecule has 1 fully saturated rings. The predicted octanol–water partition coefficient (Wildman–Crippen LogP) is 2.68. The monoisotopic (exact) mass is 332 g/mol. The van der Waals surface area contributed by atoms with Crippen LogP contribution in [0.4, 0.5) is 8.78 Å². The van der Waals surface area contributed by atoms with Gasteiger partial charge in [0.25, 0.3) is 6.43 Å². The Morgan fingerprint density at radius 1 is 1.45 bits per heavy atom. The van der Waals surface area contributed by atoms with Crippen LogP contribution in [0.15, 0.2) is 18.2 Å². The first-order valence-electron chi connectivity index (χ1n) is 7.01. The minimum Gasteiger partial charge on any atom is -0.465 e. The number of hydrogen-bond acceptors (Lipinski definition) is 4. The van der Waals surface area contributed by atoms with Crippen molar-refractivity contribution in [2.75, 3.05) is 40.3 Å². The molecule has 0 amide bonds. The van der Waals surface area contributed by atoms with Crippen LogP contribution in [0.1, 0.15) is 22.0 Å². The third-order valence-electron chi connectivity index (χ3n) is 3.91. The molecule has 0 N–H and O–H groups in total. The molecule has 7 heteroatoms. The lowest BCUT2D eigenvalue weighted by atomic mass is 10.0. The van der Waals surface area contributed by atoms with Crippen LogP contribution in [0.5, 0.6) is 0 Å². The lowest BCUT2D eigenvalue weighted by molar-refractivity contribution is 0.0380. The SMILES string of the molecule is COC(=O)c1ccc(C2CN(CC(F)F)CCN2C)cc1Cl. The van der Waals surface area contributed by atoms with E-state index < -0.39 is 12.4 Å². The van der Waals surface area contributed by atoms with Crippen molar-refractivity contribution < 1.29 is 18.3 Å². The molecule has 22 heavy (non-hydrogen) atoms. The minimum atomic E-state index is -2.34. The molecule has 0 bridgehead atoms. The maximum absolute atomic E-state index is 12.6. The zero-order valence-electron chi connectivity index (χ0n) is 12.6. The molecule has 0 radical (unpaired) electrons. The number of benzene rings is 1.